The van der Waals surface area contributed by atoms with Gasteiger partial charge in [-0.05, 0) is 104 Å². The molecule has 11 atom stereocenters. The summed E-state index contributed by atoms with van der Waals surface area (Å²) in [6, 6.07) is 17.0. The summed E-state index contributed by atoms with van der Waals surface area (Å²) in [5.74, 6) is -10.5. The maximum atomic E-state index is 14.8. The van der Waals surface area contributed by atoms with Gasteiger partial charge in [-0.3, -0.25) is 38.6 Å². The molecule has 588 valence electrons. The zero-order chi connectivity index (χ0) is 80.0. The number of carbonyl (C=O) groups is 11. The smallest absolute Gasteiger partial charge is 0.480 e. The molecule has 1 saturated heterocycles. The number of nitrogens with zero attached hydrogens (tertiary/aromatic N) is 4. The second-order valence-corrected chi connectivity index (χ2v) is 26.7. The van der Waals surface area contributed by atoms with E-state index >= 15 is 0 Å². The van der Waals surface area contributed by atoms with Crippen LogP contribution in [0.2, 0.25) is 0 Å². The first-order valence-corrected chi connectivity index (χ1v) is 34.2. The molecule has 1 aliphatic heterocycles. The summed E-state index contributed by atoms with van der Waals surface area (Å²) in [6.07, 6.45) is -9.19. The number of primary amides is 1. The Bertz CT molecular complexity index is 3270. The molecule has 0 spiro atoms. The van der Waals surface area contributed by atoms with Crippen molar-refractivity contribution in [3.05, 3.63) is 95.6 Å². The van der Waals surface area contributed by atoms with Crippen molar-refractivity contribution in [2.45, 2.75) is 187 Å². The van der Waals surface area contributed by atoms with Crippen LogP contribution >= 0.6 is 0 Å². The first-order chi connectivity index (χ1) is 48.9. The fourth-order valence-electron chi connectivity index (χ4n) is 11.6. The minimum atomic E-state index is -5.08. The first kappa shape index (κ1) is 91.9. The minimum Gasteiger partial charge on any atom is -0.480 e. The van der Waals surface area contributed by atoms with Crippen LogP contribution in [0.25, 0.3) is 0 Å². The lowest BCUT2D eigenvalue weighted by Gasteiger charge is -2.41. The normalized spacial score (nSPS) is 15.8. The van der Waals surface area contributed by atoms with E-state index in [0.29, 0.717) is 62.1 Å². The first-order valence-electron chi connectivity index (χ1n) is 34.2. The zero-order valence-electron chi connectivity index (χ0n) is 61.8. The number of ether oxygens (including phenoxy) is 3. The van der Waals surface area contributed by atoms with Gasteiger partial charge in [0, 0.05) is 65.7 Å². The monoisotopic (exact) mass is 1500 g/mol. The van der Waals surface area contributed by atoms with E-state index in [2.05, 4.69) is 26.6 Å². The molecule has 9 amide bonds. The molecule has 105 heavy (non-hydrogen) atoms. The van der Waals surface area contributed by atoms with Gasteiger partial charge in [-0.25, -0.2) is 24.0 Å². The Labute approximate surface area is 608 Å². The number of rotatable bonds is 36. The van der Waals surface area contributed by atoms with Gasteiger partial charge >= 0.3 is 42.4 Å². The number of nitrogens with one attached hydrogen (secondary N) is 5. The van der Waals surface area contributed by atoms with Gasteiger partial charge in [-0.15, -0.1) is 0 Å². The minimum absolute atomic E-state index is 0.0527. The van der Waals surface area contributed by atoms with E-state index in [0.717, 1.165) is 11.1 Å². The summed E-state index contributed by atoms with van der Waals surface area (Å²) in [6.45, 7) is 18.0. The summed E-state index contributed by atoms with van der Waals surface area (Å²) in [5, 5.41) is 38.0. The number of alkyl halides is 6. The van der Waals surface area contributed by atoms with Gasteiger partial charge in [0.2, 0.25) is 35.4 Å². The third kappa shape index (κ3) is 30.5. The summed E-state index contributed by atoms with van der Waals surface area (Å²) in [4.78, 5) is 145. The van der Waals surface area contributed by atoms with Crippen molar-refractivity contribution in [3.8, 4) is 0 Å². The number of hydrogen-bond acceptors (Lipinski definition) is 16. The Balaban J connectivity index is 0.00000242. The Hall–Kier alpha value is -9.15. The van der Waals surface area contributed by atoms with E-state index in [1.165, 1.54) is 19.1 Å². The standard InChI is InChI=1S/C67H103N11O13.2C2HF3O2/c1-15-43(8)58(53(89-13)38-54(79)78-35-20-24-52(78)59(90-14)44(9)60(80)73-51(65(85)86)37-46-21-17-16-18-22-46)77(12)64(84)56(41(4)5)74-63(83)57(42(6)7)75(10)36-33-45-27-31-49(32-28-45)76(11)67(88)91-39-47-25-29-48(30-26-47)71-61(81)50(23-19-34-70-66(69)87)72-62(82)55(68)40(2)3;2*3-2(4,5)1(6)7/h16-18,21-22,25-32,40-44,50-53,55-59H,15,19-20,23-24,33-39,68H2,1-14H3,(H,71,81)(H,72,82)(H,73,80)(H,74,83)(H,85,86)(H3,69,70,87);2*(H,6,7)/t43-,44+,50-,51-,52-,53+,55-,56-,57-,58-,59+;;/m0../s1. The molecule has 1 aliphatic rings. The molecule has 0 radical (unpaired) electrons. The number of likely N-dealkylation sites (tertiary alicyclic amines) is 1. The van der Waals surface area contributed by atoms with Crippen molar-refractivity contribution in [2.75, 3.05) is 65.2 Å². The number of methoxy groups -OCH3 is 2. The molecule has 3 aromatic rings. The number of hydrogen-bond donors (Lipinski definition) is 10. The maximum Gasteiger partial charge on any atom is 0.490 e. The number of aliphatic carboxylic acids is 3. The quantitative estimate of drug-likeness (QED) is 0.0208. The van der Waals surface area contributed by atoms with Crippen LogP contribution in [0.5, 0.6) is 0 Å². The number of benzene rings is 3. The second-order valence-electron chi connectivity index (χ2n) is 26.7. The molecule has 3 aromatic carbocycles. The van der Waals surface area contributed by atoms with Gasteiger partial charge < -0.3 is 77.4 Å². The fraction of sp³-hybridized carbons (Fsp3) is 0.592. The van der Waals surface area contributed by atoms with Gasteiger partial charge in [-0.2, -0.15) is 26.3 Å². The summed E-state index contributed by atoms with van der Waals surface area (Å²) >= 11 is 0. The van der Waals surface area contributed by atoms with Gasteiger partial charge in [-0.1, -0.05) is 123 Å². The average Bonchev–Trinajstić information content (AvgIpc) is 1.79. The highest BCUT2D eigenvalue weighted by Crippen LogP contribution is 2.31. The lowest BCUT2D eigenvalue weighted by molar-refractivity contribution is -0.193. The van der Waals surface area contributed by atoms with Gasteiger partial charge in [0.05, 0.1) is 48.7 Å². The molecule has 0 aromatic heterocycles. The van der Waals surface area contributed by atoms with Crippen LogP contribution in [-0.4, -0.2) is 217 Å². The number of carbonyl (C=O) groups excluding carboxylic acids is 8. The van der Waals surface area contributed by atoms with Crippen molar-refractivity contribution >= 4 is 76.9 Å². The predicted molar refractivity (Wildman–Crippen MR) is 377 cm³/mol. The van der Waals surface area contributed by atoms with E-state index in [4.69, 9.17) is 45.5 Å². The summed E-state index contributed by atoms with van der Waals surface area (Å²) in [7, 11) is 8.17. The Kier molecular flexibility index (Phi) is 38.5. The molecule has 34 heteroatoms. The molecule has 0 aliphatic carbocycles. The average molecular weight is 1500 g/mol. The molecule has 1 heterocycles. The topological polar surface area (TPSA) is 401 Å². The van der Waals surface area contributed by atoms with E-state index in [-0.39, 0.29) is 73.8 Å². The number of anilines is 2. The van der Waals surface area contributed by atoms with Crippen molar-refractivity contribution in [1.82, 2.24) is 36.0 Å². The van der Waals surface area contributed by atoms with Crippen molar-refractivity contribution < 1.29 is 109 Å². The SMILES string of the molecule is CC[C@H](C)[C@@H]([C@@H](CC(=O)N1CCC[C@H]1[C@H](OC)[C@@H](C)C(=O)N[C@@H](Cc1ccccc1)C(=O)O)OC)N(C)C(=O)[C@@H](NC(=O)[C@H](C(C)C)N(C)CCc1ccc(N(C)C(=O)OCc2ccc(NC(=O)[C@H](CCCNC(N)=O)NC(=O)[C@@H](N)C(C)C)cc2)cc1)C(C)C.O=C(O)C(F)(F)F.O=C(O)C(F)(F)F. The van der Waals surface area contributed by atoms with Crippen LogP contribution in [0.15, 0.2) is 78.9 Å². The molecule has 12 N–H and O–H groups in total. The van der Waals surface area contributed by atoms with Crippen LogP contribution in [0.4, 0.5) is 47.3 Å². The molecule has 0 unspecified atom stereocenters. The van der Waals surface area contributed by atoms with Crippen LogP contribution in [-0.2, 0) is 76.8 Å². The molecule has 0 saturated carbocycles. The lowest BCUT2D eigenvalue weighted by Crippen LogP contribution is -2.60. The van der Waals surface area contributed by atoms with E-state index < -0.39 is 121 Å². The van der Waals surface area contributed by atoms with E-state index in [9.17, 15) is 74.6 Å². The zero-order valence-corrected chi connectivity index (χ0v) is 61.8. The third-order valence-electron chi connectivity index (χ3n) is 17.8. The third-order valence-corrected chi connectivity index (χ3v) is 17.8. The highest BCUT2D eigenvalue weighted by atomic mass is 19.4. The number of halogens is 6. The predicted octanol–water partition coefficient (Wildman–Crippen LogP) is 6.95. The summed E-state index contributed by atoms with van der Waals surface area (Å²) in [5.41, 5.74) is 14.6. The van der Waals surface area contributed by atoms with Crippen molar-refractivity contribution in [2.24, 2.45) is 41.1 Å². The number of carboxylic acid groups (broad SMARTS) is 3. The molecular formula is C71H105F6N11O17. The number of carboxylic acids is 3. The lowest BCUT2D eigenvalue weighted by atomic mass is 9.89. The van der Waals surface area contributed by atoms with Crippen LogP contribution in [0.1, 0.15) is 118 Å². The highest BCUT2D eigenvalue weighted by Gasteiger charge is 2.45. The number of urea groups is 1. The van der Waals surface area contributed by atoms with Crippen molar-refractivity contribution in [1.29, 1.82) is 0 Å². The van der Waals surface area contributed by atoms with E-state index in [1.54, 1.807) is 93.2 Å². The highest BCUT2D eigenvalue weighted by molar-refractivity contribution is 5.98. The number of amides is 9. The Morgan fingerprint density at radius 3 is 1.71 bits per heavy atom. The Morgan fingerprint density at radius 2 is 1.23 bits per heavy atom. The molecule has 28 nitrogen and oxygen atoms in total. The van der Waals surface area contributed by atoms with E-state index in [1.807, 2.05) is 83.8 Å². The van der Waals surface area contributed by atoms with Crippen LogP contribution < -0.4 is 43.0 Å². The molecule has 4 rings (SSSR count). The van der Waals surface area contributed by atoms with Crippen LogP contribution in [0.3, 0.4) is 0 Å². The molecule has 1 fully saturated rings. The van der Waals surface area contributed by atoms with Gasteiger partial charge in [0.25, 0.3) is 0 Å². The summed E-state index contributed by atoms with van der Waals surface area (Å²) < 4.78 is 81.1. The second kappa shape index (κ2) is 44.0. The maximum absolute atomic E-state index is 14.8. The Morgan fingerprint density at radius 1 is 0.676 bits per heavy atom. The number of nitrogens with two attached hydrogens (primary N) is 2. The van der Waals surface area contributed by atoms with Crippen molar-refractivity contribution in [3.63, 3.8) is 0 Å². The van der Waals surface area contributed by atoms with Gasteiger partial charge in [0.15, 0.2) is 0 Å². The number of likely N-dealkylation sites (N-methyl/N-ethyl adjacent to an activating group) is 2. The fourth-order valence-corrected chi connectivity index (χ4v) is 11.6. The van der Waals surface area contributed by atoms with Crippen LogP contribution in [0, 0.1) is 29.6 Å². The molecule has 0 bridgehead atoms. The molecular weight excluding hydrogens is 1390 g/mol. The van der Waals surface area contributed by atoms with Gasteiger partial charge in [0.1, 0.15) is 24.7 Å². The largest absolute Gasteiger partial charge is 0.490 e.